The molecule has 0 radical (unpaired) electrons. The van der Waals surface area contributed by atoms with E-state index < -0.39 is 54.5 Å². The van der Waals surface area contributed by atoms with Crippen molar-refractivity contribution in [1.82, 2.24) is 16.0 Å². The van der Waals surface area contributed by atoms with E-state index >= 15 is 0 Å². The van der Waals surface area contributed by atoms with E-state index in [2.05, 4.69) is 28.6 Å². The van der Waals surface area contributed by atoms with Gasteiger partial charge in [-0.05, 0) is 38.1 Å². The van der Waals surface area contributed by atoms with Crippen molar-refractivity contribution in [2.24, 2.45) is 17.4 Å². The van der Waals surface area contributed by atoms with Gasteiger partial charge in [-0.15, -0.1) is 0 Å². The Bertz CT molecular complexity index is 577. The van der Waals surface area contributed by atoms with Crippen LogP contribution in [0.1, 0.15) is 39.5 Å². The molecule has 0 aliphatic rings. The van der Waals surface area contributed by atoms with Gasteiger partial charge >= 0.3 is 5.97 Å². The first-order valence-corrected chi connectivity index (χ1v) is 10.5. The lowest BCUT2D eigenvalue weighted by molar-refractivity contribution is -0.143. The van der Waals surface area contributed by atoms with Crippen molar-refractivity contribution >= 4 is 36.3 Å². The van der Waals surface area contributed by atoms with Gasteiger partial charge < -0.3 is 37.6 Å². The lowest BCUT2D eigenvalue weighted by atomic mass is 10.0. The molecular formula is C18H35N5O6S. The number of carboxylic acids is 1. The van der Waals surface area contributed by atoms with Crippen LogP contribution in [0.15, 0.2) is 0 Å². The molecule has 3 amide bonds. The molecule has 0 rings (SSSR count). The van der Waals surface area contributed by atoms with Gasteiger partial charge in [-0.3, -0.25) is 14.4 Å². The van der Waals surface area contributed by atoms with Crippen LogP contribution in [0.2, 0.25) is 0 Å². The van der Waals surface area contributed by atoms with E-state index in [1.165, 1.54) is 0 Å². The second-order valence-corrected chi connectivity index (χ2v) is 7.77. The highest BCUT2D eigenvalue weighted by molar-refractivity contribution is 7.80. The fourth-order valence-corrected chi connectivity index (χ4v) is 2.72. The summed E-state index contributed by atoms with van der Waals surface area (Å²) in [6.07, 6.45) is 1.60. The average Bonchev–Trinajstić information content (AvgIpc) is 2.69. The lowest BCUT2D eigenvalue weighted by Gasteiger charge is -2.24. The molecule has 0 aromatic carbocycles. The molecule has 0 aromatic heterocycles. The summed E-state index contributed by atoms with van der Waals surface area (Å²) in [5, 5.41) is 26.0. The van der Waals surface area contributed by atoms with Gasteiger partial charge in [0.1, 0.15) is 18.1 Å². The van der Waals surface area contributed by atoms with E-state index in [0.29, 0.717) is 19.4 Å². The summed E-state index contributed by atoms with van der Waals surface area (Å²) >= 11 is 3.95. The summed E-state index contributed by atoms with van der Waals surface area (Å²) in [7, 11) is 0. The van der Waals surface area contributed by atoms with E-state index in [1.54, 1.807) is 13.8 Å². The second-order valence-electron chi connectivity index (χ2n) is 7.41. The molecule has 30 heavy (non-hydrogen) atoms. The van der Waals surface area contributed by atoms with Crippen LogP contribution in [0.4, 0.5) is 0 Å². The van der Waals surface area contributed by atoms with Gasteiger partial charge in [-0.2, -0.15) is 12.6 Å². The van der Waals surface area contributed by atoms with Gasteiger partial charge in [-0.25, -0.2) is 4.79 Å². The highest BCUT2D eigenvalue weighted by Crippen LogP contribution is 2.06. The Labute approximate surface area is 182 Å². The summed E-state index contributed by atoms with van der Waals surface area (Å²) in [6.45, 7) is 3.27. The summed E-state index contributed by atoms with van der Waals surface area (Å²) in [5.41, 5.74) is 11.1. The molecule has 0 spiro atoms. The summed E-state index contributed by atoms with van der Waals surface area (Å²) < 4.78 is 0. The van der Waals surface area contributed by atoms with Gasteiger partial charge in [-0.1, -0.05) is 13.8 Å². The standard InChI is InChI=1S/C18H35N5O6S/c1-10(2)7-13(18(28)29)22-17(27)14(8-24)23-16(26)12(5-3-4-6-19)21-15(25)11(20)9-30/h10-14,24,30H,3-9,19-20H2,1-2H3,(H,21,25)(H,22,27)(H,23,26)(H,28,29). The minimum atomic E-state index is -1.38. The molecule has 4 atom stereocenters. The van der Waals surface area contributed by atoms with Gasteiger partial charge in [0.25, 0.3) is 0 Å². The predicted octanol–water partition coefficient (Wildman–Crippen LogP) is -2.05. The monoisotopic (exact) mass is 449 g/mol. The van der Waals surface area contributed by atoms with Crippen LogP contribution in [0, 0.1) is 5.92 Å². The average molecular weight is 450 g/mol. The van der Waals surface area contributed by atoms with Crippen LogP contribution in [0.25, 0.3) is 0 Å². The van der Waals surface area contributed by atoms with Crippen LogP contribution in [0.3, 0.4) is 0 Å². The third kappa shape index (κ3) is 10.8. The third-order valence-corrected chi connectivity index (χ3v) is 4.64. The van der Waals surface area contributed by atoms with Crippen molar-refractivity contribution < 1.29 is 29.4 Å². The van der Waals surface area contributed by atoms with E-state index in [4.69, 9.17) is 11.5 Å². The number of aliphatic carboxylic acids is 1. The molecule has 174 valence electrons. The summed E-state index contributed by atoms with van der Waals surface area (Å²) in [5.74, 6) is -3.24. The molecule has 11 nitrogen and oxygen atoms in total. The van der Waals surface area contributed by atoms with Gasteiger partial charge in [0, 0.05) is 5.75 Å². The molecule has 4 unspecified atom stereocenters. The van der Waals surface area contributed by atoms with Crippen molar-refractivity contribution in [3.63, 3.8) is 0 Å². The van der Waals surface area contributed by atoms with Crippen LogP contribution in [-0.2, 0) is 19.2 Å². The molecule has 0 saturated heterocycles. The zero-order valence-corrected chi connectivity index (χ0v) is 18.4. The number of hydrogen-bond donors (Lipinski definition) is 8. The number of nitrogens with one attached hydrogen (secondary N) is 3. The number of unbranched alkanes of at least 4 members (excludes halogenated alkanes) is 1. The Hall–Kier alpha value is -1.89. The molecule has 0 fully saturated rings. The van der Waals surface area contributed by atoms with Crippen LogP contribution in [-0.4, -0.2) is 77.0 Å². The Morgan fingerprint density at radius 3 is 1.93 bits per heavy atom. The zero-order valence-electron chi connectivity index (χ0n) is 17.5. The van der Waals surface area contributed by atoms with Crippen molar-refractivity contribution in [3.8, 4) is 0 Å². The van der Waals surface area contributed by atoms with Crippen molar-refractivity contribution in [3.05, 3.63) is 0 Å². The molecule has 0 heterocycles. The van der Waals surface area contributed by atoms with Crippen LogP contribution >= 0.6 is 12.6 Å². The number of aliphatic hydroxyl groups excluding tert-OH is 1. The number of rotatable bonds is 15. The van der Waals surface area contributed by atoms with Gasteiger partial charge in [0.15, 0.2) is 0 Å². The van der Waals surface area contributed by atoms with E-state index in [0.717, 1.165) is 0 Å². The molecule has 12 heteroatoms. The molecule has 0 aliphatic carbocycles. The number of carbonyl (C=O) groups excluding carboxylic acids is 3. The highest BCUT2D eigenvalue weighted by atomic mass is 32.1. The maximum absolute atomic E-state index is 12.6. The number of carboxylic acid groups (broad SMARTS) is 1. The van der Waals surface area contributed by atoms with Crippen LogP contribution in [0.5, 0.6) is 0 Å². The Morgan fingerprint density at radius 2 is 1.47 bits per heavy atom. The minimum Gasteiger partial charge on any atom is -0.480 e. The zero-order chi connectivity index (χ0) is 23.3. The fourth-order valence-electron chi connectivity index (χ4n) is 2.55. The first-order chi connectivity index (χ1) is 14.1. The summed E-state index contributed by atoms with van der Waals surface area (Å²) in [4.78, 5) is 48.4. The third-order valence-electron chi connectivity index (χ3n) is 4.25. The maximum atomic E-state index is 12.6. The normalized spacial score (nSPS) is 15.0. The smallest absolute Gasteiger partial charge is 0.326 e. The minimum absolute atomic E-state index is 0.00625. The molecule has 0 aliphatic heterocycles. The quantitative estimate of drug-likeness (QED) is 0.103. The number of nitrogens with two attached hydrogens (primary N) is 2. The van der Waals surface area contributed by atoms with Crippen molar-refractivity contribution in [2.45, 2.75) is 63.7 Å². The SMILES string of the molecule is CC(C)CC(NC(=O)C(CO)NC(=O)C(CCCCN)NC(=O)C(N)CS)C(=O)O. The first-order valence-electron chi connectivity index (χ1n) is 9.88. The topological polar surface area (TPSA) is 197 Å². The molecule has 0 bridgehead atoms. The van der Waals surface area contributed by atoms with Gasteiger partial charge in [0.05, 0.1) is 12.6 Å². The van der Waals surface area contributed by atoms with Crippen molar-refractivity contribution in [2.75, 3.05) is 18.9 Å². The lowest BCUT2D eigenvalue weighted by Crippen LogP contribution is -2.58. The largest absolute Gasteiger partial charge is 0.480 e. The Balaban J connectivity index is 5.17. The van der Waals surface area contributed by atoms with Gasteiger partial charge in [0.2, 0.25) is 17.7 Å². The number of aliphatic hydroxyl groups is 1. The van der Waals surface area contributed by atoms with E-state index in [9.17, 15) is 29.4 Å². The molecular weight excluding hydrogens is 414 g/mol. The number of amides is 3. The first kappa shape index (κ1) is 28.1. The number of carbonyl (C=O) groups is 4. The highest BCUT2D eigenvalue weighted by Gasteiger charge is 2.29. The number of thiol groups is 1. The molecule has 0 saturated carbocycles. The Morgan fingerprint density at radius 1 is 0.933 bits per heavy atom. The van der Waals surface area contributed by atoms with Crippen LogP contribution < -0.4 is 27.4 Å². The summed E-state index contributed by atoms with van der Waals surface area (Å²) in [6, 6.07) is -4.44. The molecule has 9 N–H and O–H groups in total. The second kappa shape index (κ2) is 15.0. The Kier molecular flexibility index (Phi) is 14.0. The predicted molar refractivity (Wildman–Crippen MR) is 115 cm³/mol. The van der Waals surface area contributed by atoms with E-state index in [-0.39, 0.29) is 24.5 Å². The van der Waals surface area contributed by atoms with Crippen molar-refractivity contribution in [1.29, 1.82) is 0 Å². The van der Waals surface area contributed by atoms with E-state index in [1.807, 2.05) is 0 Å². The fraction of sp³-hybridized carbons (Fsp3) is 0.778. The molecule has 0 aromatic rings. The maximum Gasteiger partial charge on any atom is 0.326 e. The number of hydrogen-bond acceptors (Lipinski definition) is 8.